The summed E-state index contributed by atoms with van der Waals surface area (Å²) in [5.74, 6) is 0. The Bertz CT molecular complexity index is 704. The Kier molecular flexibility index (Phi) is 8.51. The minimum atomic E-state index is -3.43. The Balaban J connectivity index is 2.32. The molecule has 0 aliphatic heterocycles. The van der Waals surface area contributed by atoms with E-state index in [1.165, 1.54) is 0 Å². The number of imidazole rings is 1. The molecule has 1 saturated carbocycles. The van der Waals surface area contributed by atoms with Crippen LogP contribution in [0.3, 0.4) is 0 Å². The zero-order chi connectivity index (χ0) is 19.9. The highest BCUT2D eigenvalue weighted by atomic mass is 32.2. The summed E-state index contributed by atoms with van der Waals surface area (Å²) < 4.78 is 33.7. The van der Waals surface area contributed by atoms with Gasteiger partial charge in [-0.25, -0.2) is 13.4 Å². The van der Waals surface area contributed by atoms with Gasteiger partial charge in [-0.2, -0.15) is 0 Å². The minimum absolute atomic E-state index is 0.216. The van der Waals surface area contributed by atoms with Gasteiger partial charge in [0.05, 0.1) is 23.7 Å². The molecule has 1 aliphatic carbocycles. The first-order valence-electron chi connectivity index (χ1n) is 10.0. The molecule has 1 aromatic rings. The number of sulfone groups is 1. The lowest BCUT2D eigenvalue weighted by atomic mass is 10.2. The second-order valence-electron chi connectivity index (χ2n) is 7.60. The fraction of sp³-hybridized carbons (Fsp3) is 0.750. The minimum Gasteiger partial charge on any atom is -0.383 e. The van der Waals surface area contributed by atoms with Crippen molar-refractivity contribution in [3.63, 3.8) is 0 Å². The van der Waals surface area contributed by atoms with Gasteiger partial charge in [0.25, 0.3) is 0 Å². The predicted octanol–water partition coefficient (Wildman–Crippen LogP) is 3.42. The van der Waals surface area contributed by atoms with Gasteiger partial charge in [-0.3, -0.25) is 4.90 Å². The molecular weight excluding hydrogens is 362 g/mol. The van der Waals surface area contributed by atoms with Crippen molar-refractivity contribution >= 4 is 9.84 Å². The molecule has 0 amide bonds. The van der Waals surface area contributed by atoms with Gasteiger partial charge in [0.15, 0.2) is 0 Å². The fourth-order valence-corrected chi connectivity index (χ4v) is 5.73. The standard InChI is InChI=1S/C20H35N3O3S/c1-5-22(15-17(2)3)16-18-14-21-20(23(18)12-13-26-4)27(24,25)19-10-8-6-7-9-11-19/h14,19H,2,5-13,15-16H2,1,3-4H3. The number of aromatic nitrogens is 2. The summed E-state index contributed by atoms with van der Waals surface area (Å²) in [6.45, 7) is 11.4. The van der Waals surface area contributed by atoms with Crippen LogP contribution in [-0.2, 0) is 27.7 Å². The van der Waals surface area contributed by atoms with Crippen LogP contribution >= 0.6 is 0 Å². The Hall–Kier alpha value is -1.18. The second kappa shape index (κ2) is 10.4. The molecule has 2 rings (SSSR count). The van der Waals surface area contributed by atoms with E-state index >= 15 is 0 Å². The van der Waals surface area contributed by atoms with Crippen LogP contribution in [0.5, 0.6) is 0 Å². The van der Waals surface area contributed by atoms with Crippen LogP contribution in [0.25, 0.3) is 0 Å². The lowest BCUT2D eigenvalue weighted by Gasteiger charge is -2.22. The van der Waals surface area contributed by atoms with Gasteiger partial charge in [0.2, 0.25) is 15.0 Å². The van der Waals surface area contributed by atoms with Gasteiger partial charge in [-0.1, -0.05) is 44.8 Å². The number of likely N-dealkylation sites (N-methyl/N-ethyl adjacent to an activating group) is 1. The van der Waals surface area contributed by atoms with Crippen LogP contribution in [0.2, 0.25) is 0 Å². The van der Waals surface area contributed by atoms with Crippen molar-refractivity contribution in [3.8, 4) is 0 Å². The molecule has 0 radical (unpaired) electrons. The molecule has 1 heterocycles. The first kappa shape index (κ1) is 22.1. The summed E-state index contributed by atoms with van der Waals surface area (Å²) >= 11 is 0. The van der Waals surface area contributed by atoms with Crippen LogP contribution in [0.15, 0.2) is 23.5 Å². The Labute approximate surface area is 164 Å². The van der Waals surface area contributed by atoms with E-state index in [1.807, 2.05) is 11.5 Å². The predicted molar refractivity (Wildman–Crippen MR) is 109 cm³/mol. The van der Waals surface area contributed by atoms with E-state index in [-0.39, 0.29) is 10.4 Å². The van der Waals surface area contributed by atoms with E-state index in [4.69, 9.17) is 4.74 Å². The Morgan fingerprint density at radius 2 is 2.00 bits per heavy atom. The smallest absolute Gasteiger partial charge is 0.228 e. The maximum Gasteiger partial charge on any atom is 0.228 e. The first-order valence-corrected chi connectivity index (χ1v) is 11.6. The van der Waals surface area contributed by atoms with Gasteiger partial charge in [0.1, 0.15) is 0 Å². The van der Waals surface area contributed by atoms with Crippen molar-refractivity contribution in [2.75, 3.05) is 26.8 Å². The van der Waals surface area contributed by atoms with Crippen molar-refractivity contribution in [2.24, 2.45) is 0 Å². The van der Waals surface area contributed by atoms with Crippen molar-refractivity contribution in [1.29, 1.82) is 0 Å². The largest absolute Gasteiger partial charge is 0.383 e. The van der Waals surface area contributed by atoms with Gasteiger partial charge in [-0.15, -0.1) is 0 Å². The zero-order valence-corrected chi connectivity index (χ0v) is 17.9. The average Bonchev–Trinajstić information content (AvgIpc) is 2.83. The molecule has 0 atom stereocenters. The lowest BCUT2D eigenvalue weighted by Crippen LogP contribution is -2.28. The number of methoxy groups -OCH3 is 1. The summed E-state index contributed by atoms with van der Waals surface area (Å²) in [5.41, 5.74) is 2.01. The van der Waals surface area contributed by atoms with Gasteiger partial charge < -0.3 is 9.30 Å². The molecule has 6 nitrogen and oxygen atoms in total. The highest BCUT2D eigenvalue weighted by Gasteiger charge is 2.32. The molecule has 0 aromatic carbocycles. The van der Waals surface area contributed by atoms with Gasteiger partial charge >= 0.3 is 0 Å². The maximum atomic E-state index is 13.3. The molecule has 0 N–H and O–H groups in total. The highest BCUT2D eigenvalue weighted by molar-refractivity contribution is 7.91. The molecule has 0 spiro atoms. The van der Waals surface area contributed by atoms with E-state index in [0.29, 0.717) is 19.7 Å². The van der Waals surface area contributed by atoms with Crippen molar-refractivity contribution in [2.45, 2.75) is 75.9 Å². The van der Waals surface area contributed by atoms with E-state index in [1.54, 1.807) is 13.3 Å². The van der Waals surface area contributed by atoms with E-state index in [9.17, 15) is 8.42 Å². The average molecular weight is 398 g/mol. The van der Waals surface area contributed by atoms with Crippen LogP contribution < -0.4 is 0 Å². The SMILES string of the molecule is C=C(C)CN(CC)Cc1cnc(S(=O)(=O)C2CCCCCC2)n1CCOC. The van der Waals surface area contributed by atoms with Gasteiger partial charge in [-0.05, 0) is 26.3 Å². The monoisotopic (exact) mass is 397 g/mol. The molecule has 0 bridgehead atoms. The molecule has 1 aromatic heterocycles. The highest BCUT2D eigenvalue weighted by Crippen LogP contribution is 2.28. The van der Waals surface area contributed by atoms with Crippen molar-refractivity contribution in [1.82, 2.24) is 14.5 Å². The Morgan fingerprint density at radius 3 is 2.56 bits per heavy atom. The molecule has 154 valence electrons. The summed E-state index contributed by atoms with van der Waals surface area (Å²) in [7, 11) is -1.80. The zero-order valence-electron chi connectivity index (χ0n) is 17.1. The van der Waals surface area contributed by atoms with Crippen LogP contribution in [0.1, 0.15) is 58.1 Å². The third-order valence-corrected chi connectivity index (χ3v) is 7.43. The number of hydrogen-bond donors (Lipinski definition) is 0. The maximum absolute atomic E-state index is 13.3. The van der Waals surface area contributed by atoms with Crippen LogP contribution in [-0.4, -0.2) is 54.9 Å². The third-order valence-electron chi connectivity index (χ3n) is 5.24. The molecule has 1 aliphatic rings. The molecule has 27 heavy (non-hydrogen) atoms. The quantitative estimate of drug-likeness (QED) is 0.447. The molecule has 0 saturated heterocycles. The summed E-state index contributed by atoms with van der Waals surface area (Å²) in [6.07, 6.45) is 7.43. The summed E-state index contributed by atoms with van der Waals surface area (Å²) in [6, 6.07) is 0. The molecular formula is C20H35N3O3S. The van der Waals surface area contributed by atoms with Crippen LogP contribution in [0, 0.1) is 0 Å². The van der Waals surface area contributed by atoms with Crippen molar-refractivity contribution < 1.29 is 13.2 Å². The Morgan fingerprint density at radius 1 is 1.33 bits per heavy atom. The summed E-state index contributed by atoms with van der Waals surface area (Å²) in [5, 5.41) is -0.0953. The van der Waals surface area contributed by atoms with E-state index < -0.39 is 9.84 Å². The summed E-state index contributed by atoms with van der Waals surface area (Å²) in [4.78, 5) is 6.62. The first-order chi connectivity index (χ1) is 12.9. The fourth-order valence-electron chi connectivity index (χ4n) is 3.76. The molecule has 1 fully saturated rings. The molecule has 0 unspecified atom stereocenters. The van der Waals surface area contributed by atoms with E-state index in [0.717, 1.165) is 62.9 Å². The normalized spacial score (nSPS) is 16.6. The second-order valence-corrected chi connectivity index (χ2v) is 9.72. The van der Waals surface area contributed by atoms with Gasteiger partial charge in [0, 0.05) is 26.7 Å². The van der Waals surface area contributed by atoms with Crippen molar-refractivity contribution in [3.05, 3.63) is 24.0 Å². The van der Waals surface area contributed by atoms with E-state index in [2.05, 4.69) is 23.4 Å². The topological polar surface area (TPSA) is 64.4 Å². The number of hydrogen-bond acceptors (Lipinski definition) is 5. The lowest BCUT2D eigenvalue weighted by molar-refractivity contribution is 0.181. The number of ether oxygens (including phenoxy) is 1. The number of nitrogens with zero attached hydrogens (tertiary/aromatic N) is 3. The third kappa shape index (κ3) is 5.90. The van der Waals surface area contributed by atoms with Crippen LogP contribution in [0.4, 0.5) is 0 Å². The molecule has 7 heteroatoms. The number of rotatable bonds is 10.